The maximum Gasteiger partial charge on any atom is 0.270 e. The standard InChI is InChI=1S/C18H13NO2/c20-19(21)18-12-16(14-7-3-1-4-8-14)11-17(13-18)15-9-5-2-6-10-15/h1-13H. The first kappa shape index (κ1) is 13.1. The van der Waals surface area contributed by atoms with Gasteiger partial charge in [-0.05, 0) is 28.3 Å². The molecule has 3 nitrogen and oxygen atoms in total. The molecule has 0 aliphatic carbocycles. The highest BCUT2D eigenvalue weighted by atomic mass is 16.6. The summed E-state index contributed by atoms with van der Waals surface area (Å²) in [5.41, 5.74) is 3.75. The third-order valence-electron chi connectivity index (χ3n) is 3.34. The lowest BCUT2D eigenvalue weighted by molar-refractivity contribution is -0.384. The summed E-state index contributed by atoms with van der Waals surface area (Å²) >= 11 is 0. The molecular formula is C18H13NO2. The number of benzene rings is 3. The van der Waals surface area contributed by atoms with Crippen LogP contribution in [-0.4, -0.2) is 4.92 Å². The summed E-state index contributed by atoms with van der Waals surface area (Å²) in [4.78, 5) is 10.8. The van der Waals surface area contributed by atoms with E-state index in [4.69, 9.17) is 0 Å². The average Bonchev–Trinajstić information content (AvgIpc) is 2.56. The van der Waals surface area contributed by atoms with Crippen molar-refractivity contribution in [3.8, 4) is 22.3 Å². The lowest BCUT2D eigenvalue weighted by Crippen LogP contribution is -1.90. The minimum Gasteiger partial charge on any atom is -0.258 e. The molecule has 0 spiro atoms. The van der Waals surface area contributed by atoms with Gasteiger partial charge in [0.15, 0.2) is 0 Å². The van der Waals surface area contributed by atoms with Crippen LogP contribution in [-0.2, 0) is 0 Å². The number of nitro benzene ring substituents is 1. The van der Waals surface area contributed by atoms with Crippen molar-refractivity contribution in [2.45, 2.75) is 0 Å². The van der Waals surface area contributed by atoms with E-state index in [2.05, 4.69) is 0 Å². The summed E-state index contributed by atoms with van der Waals surface area (Å²) in [5.74, 6) is 0. The number of hydrogen-bond acceptors (Lipinski definition) is 2. The van der Waals surface area contributed by atoms with E-state index in [1.54, 1.807) is 12.1 Å². The van der Waals surface area contributed by atoms with E-state index in [1.807, 2.05) is 66.7 Å². The normalized spacial score (nSPS) is 10.3. The van der Waals surface area contributed by atoms with Crippen molar-refractivity contribution in [3.63, 3.8) is 0 Å². The van der Waals surface area contributed by atoms with E-state index in [-0.39, 0.29) is 10.6 Å². The summed E-state index contributed by atoms with van der Waals surface area (Å²) in [5, 5.41) is 11.2. The highest BCUT2D eigenvalue weighted by molar-refractivity contribution is 5.76. The Labute approximate surface area is 122 Å². The van der Waals surface area contributed by atoms with Crippen LogP contribution in [0.3, 0.4) is 0 Å². The third kappa shape index (κ3) is 2.82. The van der Waals surface area contributed by atoms with Gasteiger partial charge in [-0.3, -0.25) is 10.1 Å². The van der Waals surface area contributed by atoms with Gasteiger partial charge in [0.1, 0.15) is 0 Å². The molecule has 0 heterocycles. The lowest BCUT2D eigenvalue weighted by Gasteiger charge is -2.06. The second-order valence-electron chi connectivity index (χ2n) is 4.76. The van der Waals surface area contributed by atoms with E-state index in [9.17, 15) is 10.1 Å². The maximum absolute atomic E-state index is 11.2. The smallest absolute Gasteiger partial charge is 0.258 e. The van der Waals surface area contributed by atoms with Gasteiger partial charge in [-0.25, -0.2) is 0 Å². The largest absolute Gasteiger partial charge is 0.270 e. The first-order valence-electron chi connectivity index (χ1n) is 6.64. The van der Waals surface area contributed by atoms with Crippen molar-refractivity contribution in [3.05, 3.63) is 89.0 Å². The molecule has 3 rings (SSSR count). The van der Waals surface area contributed by atoms with E-state index in [0.717, 1.165) is 22.3 Å². The van der Waals surface area contributed by atoms with Gasteiger partial charge in [0.2, 0.25) is 0 Å². The summed E-state index contributed by atoms with van der Waals surface area (Å²) in [6.07, 6.45) is 0. The molecule has 0 aliphatic rings. The number of non-ortho nitro benzene ring substituents is 1. The molecule has 0 amide bonds. The van der Waals surface area contributed by atoms with Gasteiger partial charge < -0.3 is 0 Å². The topological polar surface area (TPSA) is 43.1 Å². The molecule has 0 fully saturated rings. The molecule has 3 aromatic carbocycles. The Balaban J connectivity index is 2.18. The van der Waals surface area contributed by atoms with Crippen molar-refractivity contribution in [1.82, 2.24) is 0 Å². The quantitative estimate of drug-likeness (QED) is 0.502. The van der Waals surface area contributed by atoms with Gasteiger partial charge in [0.25, 0.3) is 5.69 Å². The first-order chi connectivity index (χ1) is 10.2. The molecular weight excluding hydrogens is 262 g/mol. The number of nitrogens with zero attached hydrogens (tertiary/aromatic N) is 1. The second-order valence-corrected chi connectivity index (χ2v) is 4.76. The van der Waals surface area contributed by atoms with Crippen molar-refractivity contribution in [2.24, 2.45) is 0 Å². The van der Waals surface area contributed by atoms with Crippen molar-refractivity contribution in [2.75, 3.05) is 0 Å². The number of nitro groups is 1. The molecule has 102 valence electrons. The van der Waals surface area contributed by atoms with Gasteiger partial charge >= 0.3 is 0 Å². The molecule has 0 atom stereocenters. The maximum atomic E-state index is 11.2. The monoisotopic (exact) mass is 275 g/mol. The SMILES string of the molecule is O=[N+]([O-])c1cc(-c2ccccc2)cc(-c2ccccc2)c1. The molecule has 0 saturated carbocycles. The van der Waals surface area contributed by atoms with Gasteiger partial charge in [-0.15, -0.1) is 0 Å². The Morgan fingerprint density at radius 2 is 1.05 bits per heavy atom. The van der Waals surface area contributed by atoms with Crippen LogP contribution in [0.1, 0.15) is 0 Å². The van der Waals surface area contributed by atoms with Crippen LogP contribution < -0.4 is 0 Å². The summed E-state index contributed by atoms with van der Waals surface area (Å²) in [7, 11) is 0. The van der Waals surface area contributed by atoms with Crippen LogP contribution in [0.4, 0.5) is 5.69 Å². The minimum atomic E-state index is -0.348. The van der Waals surface area contributed by atoms with Crippen molar-refractivity contribution >= 4 is 5.69 Å². The van der Waals surface area contributed by atoms with Crippen LogP contribution in [0.25, 0.3) is 22.3 Å². The van der Waals surface area contributed by atoms with Crippen molar-refractivity contribution < 1.29 is 4.92 Å². The Bertz CT molecular complexity index is 710. The van der Waals surface area contributed by atoms with Crippen LogP contribution in [0.15, 0.2) is 78.9 Å². The fourth-order valence-electron chi connectivity index (χ4n) is 2.31. The highest BCUT2D eigenvalue weighted by Crippen LogP contribution is 2.31. The summed E-state index contributed by atoms with van der Waals surface area (Å²) < 4.78 is 0. The zero-order chi connectivity index (χ0) is 14.7. The molecule has 0 aliphatic heterocycles. The fraction of sp³-hybridized carbons (Fsp3) is 0. The summed E-state index contributed by atoms with van der Waals surface area (Å²) in [6, 6.07) is 24.6. The first-order valence-corrected chi connectivity index (χ1v) is 6.64. The van der Waals surface area contributed by atoms with Crippen LogP contribution in [0.2, 0.25) is 0 Å². The predicted octanol–water partition coefficient (Wildman–Crippen LogP) is 4.93. The van der Waals surface area contributed by atoms with Gasteiger partial charge in [0.05, 0.1) is 4.92 Å². The Morgan fingerprint density at radius 1 is 0.619 bits per heavy atom. The van der Waals surface area contributed by atoms with Gasteiger partial charge in [-0.2, -0.15) is 0 Å². The minimum absolute atomic E-state index is 0.107. The molecule has 3 heteroatoms. The van der Waals surface area contributed by atoms with Gasteiger partial charge in [0, 0.05) is 12.1 Å². The van der Waals surface area contributed by atoms with Crippen molar-refractivity contribution in [1.29, 1.82) is 0 Å². The van der Waals surface area contributed by atoms with E-state index in [0.29, 0.717) is 0 Å². The fourth-order valence-corrected chi connectivity index (χ4v) is 2.31. The van der Waals surface area contributed by atoms with E-state index in [1.165, 1.54) is 0 Å². The van der Waals surface area contributed by atoms with E-state index >= 15 is 0 Å². The third-order valence-corrected chi connectivity index (χ3v) is 3.34. The number of rotatable bonds is 3. The molecule has 0 bridgehead atoms. The summed E-state index contributed by atoms with van der Waals surface area (Å²) in [6.45, 7) is 0. The molecule has 0 N–H and O–H groups in total. The predicted molar refractivity (Wildman–Crippen MR) is 84.0 cm³/mol. The molecule has 21 heavy (non-hydrogen) atoms. The molecule has 0 unspecified atom stereocenters. The Morgan fingerprint density at radius 3 is 1.43 bits per heavy atom. The van der Waals surface area contributed by atoms with Gasteiger partial charge in [-0.1, -0.05) is 60.7 Å². The molecule has 0 aromatic heterocycles. The van der Waals surface area contributed by atoms with Crippen LogP contribution in [0, 0.1) is 10.1 Å². The Kier molecular flexibility index (Phi) is 3.48. The molecule has 3 aromatic rings. The zero-order valence-corrected chi connectivity index (χ0v) is 11.3. The van der Waals surface area contributed by atoms with Crippen LogP contribution >= 0.6 is 0 Å². The van der Waals surface area contributed by atoms with E-state index < -0.39 is 0 Å². The zero-order valence-electron chi connectivity index (χ0n) is 11.3. The molecule has 0 radical (unpaired) electrons. The average molecular weight is 275 g/mol. The Hall–Kier alpha value is -2.94. The number of hydrogen-bond donors (Lipinski definition) is 0. The second kappa shape index (κ2) is 5.59. The lowest BCUT2D eigenvalue weighted by atomic mass is 9.98. The van der Waals surface area contributed by atoms with Crippen LogP contribution in [0.5, 0.6) is 0 Å². The molecule has 0 saturated heterocycles. The highest BCUT2D eigenvalue weighted by Gasteiger charge is 2.11.